The molecule has 9 heteroatoms. The maximum Gasteiger partial charge on any atom is 0.417 e. The summed E-state index contributed by atoms with van der Waals surface area (Å²) >= 11 is 1.58. The van der Waals surface area contributed by atoms with E-state index in [1.54, 1.807) is 11.8 Å². The summed E-state index contributed by atoms with van der Waals surface area (Å²) in [6.45, 7) is 1.67. The lowest BCUT2D eigenvalue weighted by Gasteiger charge is -2.36. The number of rotatable bonds is 2. The second-order valence-corrected chi connectivity index (χ2v) is 7.85. The standard InChI is InChI=1S/C21H19F3N4OS/c22-21(23,24)17-9-5-4-8-16(17)19(29)27-10-12-28(13-11-27)20-26-25-18(14-30-20)15-6-2-1-3-7-15/h1-9H,10-14H2. The number of amides is 1. The Kier molecular flexibility index (Phi) is 5.80. The Morgan fingerprint density at radius 1 is 0.900 bits per heavy atom. The van der Waals surface area contributed by atoms with E-state index in [2.05, 4.69) is 10.2 Å². The Morgan fingerprint density at radius 2 is 1.57 bits per heavy atom. The zero-order valence-electron chi connectivity index (χ0n) is 16.0. The maximum atomic E-state index is 13.2. The van der Waals surface area contributed by atoms with Gasteiger partial charge in [-0.3, -0.25) is 4.79 Å². The van der Waals surface area contributed by atoms with E-state index in [4.69, 9.17) is 0 Å². The van der Waals surface area contributed by atoms with Crippen molar-refractivity contribution in [3.8, 4) is 0 Å². The van der Waals surface area contributed by atoms with E-state index in [-0.39, 0.29) is 5.56 Å². The first kappa shape index (κ1) is 20.5. The predicted molar refractivity (Wildman–Crippen MR) is 112 cm³/mol. The fourth-order valence-corrected chi connectivity index (χ4v) is 4.36. The number of piperazine rings is 1. The van der Waals surface area contributed by atoms with Gasteiger partial charge in [-0.05, 0) is 17.7 Å². The van der Waals surface area contributed by atoms with Crippen molar-refractivity contribution in [2.45, 2.75) is 6.18 Å². The first-order valence-corrected chi connectivity index (χ1v) is 10.5. The van der Waals surface area contributed by atoms with Crippen molar-refractivity contribution >= 4 is 28.5 Å². The Balaban J connectivity index is 1.41. The van der Waals surface area contributed by atoms with Gasteiger partial charge >= 0.3 is 6.18 Å². The molecule has 0 bridgehead atoms. The molecule has 1 saturated heterocycles. The molecule has 156 valence electrons. The second-order valence-electron chi connectivity index (χ2n) is 6.91. The van der Waals surface area contributed by atoms with Crippen LogP contribution in [0, 0.1) is 0 Å². The van der Waals surface area contributed by atoms with E-state index in [1.165, 1.54) is 23.1 Å². The first-order valence-electron chi connectivity index (χ1n) is 9.46. The molecule has 0 atom stereocenters. The van der Waals surface area contributed by atoms with E-state index in [1.807, 2.05) is 35.2 Å². The van der Waals surface area contributed by atoms with E-state index in [0.717, 1.165) is 22.5 Å². The molecule has 2 aromatic carbocycles. The fraction of sp³-hybridized carbons (Fsp3) is 0.286. The normalized spacial score (nSPS) is 17.4. The molecule has 2 heterocycles. The lowest BCUT2D eigenvalue weighted by Crippen LogP contribution is -2.50. The number of benzene rings is 2. The molecule has 4 rings (SSSR count). The van der Waals surface area contributed by atoms with Crippen molar-refractivity contribution in [1.82, 2.24) is 9.80 Å². The SMILES string of the molecule is O=C(c1ccccc1C(F)(F)F)N1CCN(C2=NN=C(c3ccccc3)CS2)CC1. The number of thioether (sulfide) groups is 1. The molecule has 0 unspecified atom stereocenters. The molecular weight excluding hydrogens is 413 g/mol. The number of hydrogen-bond donors (Lipinski definition) is 0. The molecule has 0 aliphatic carbocycles. The largest absolute Gasteiger partial charge is 0.417 e. The van der Waals surface area contributed by atoms with E-state index in [0.29, 0.717) is 31.9 Å². The predicted octanol–water partition coefficient (Wildman–Crippen LogP) is 3.97. The molecular formula is C21H19F3N4OS. The summed E-state index contributed by atoms with van der Waals surface area (Å²) in [7, 11) is 0. The van der Waals surface area contributed by atoms with Crippen molar-refractivity contribution in [1.29, 1.82) is 0 Å². The van der Waals surface area contributed by atoms with Gasteiger partial charge in [-0.2, -0.15) is 18.3 Å². The van der Waals surface area contributed by atoms with Crippen LogP contribution in [0.3, 0.4) is 0 Å². The summed E-state index contributed by atoms with van der Waals surface area (Å²) in [5.74, 6) is 0.103. The number of amidine groups is 1. The van der Waals surface area contributed by atoms with Crippen LogP contribution in [0.25, 0.3) is 0 Å². The third kappa shape index (κ3) is 4.35. The summed E-state index contributed by atoms with van der Waals surface area (Å²) < 4.78 is 39.7. The van der Waals surface area contributed by atoms with Gasteiger partial charge in [0.25, 0.3) is 5.91 Å². The summed E-state index contributed by atoms with van der Waals surface area (Å²) in [5.41, 5.74) is 0.737. The third-order valence-electron chi connectivity index (χ3n) is 5.00. The quantitative estimate of drug-likeness (QED) is 0.722. The zero-order valence-corrected chi connectivity index (χ0v) is 16.8. The summed E-state index contributed by atoms with van der Waals surface area (Å²) in [6.07, 6.45) is -4.56. The van der Waals surface area contributed by atoms with Crippen LogP contribution in [-0.4, -0.2) is 58.5 Å². The van der Waals surface area contributed by atoms with Crippen LogP contribution in [0.15, 0.2) is 64.8 Å². The topological polar surface area (TPSA) is 48.3 Å². The molecule has 0 N–H and O–H groups in total. The Hall–Kier alpha value is -2.81. The Labute approximate surface area is 176 Å². The highest BCUT2D eigenvalue weighted by molar-refractivity contribution is 8.14. The maximum absolute atomic E-state index is 13.2. The number of alkyl halides is 3. The van der Waals surface area contributed by atoms with Gasteiger partial charge in [-0.25, -0.2) is 0 Å². The second kappa shape index (κ2) is 8.51. The van der Waals surface area contributed by atoms with Gasteiger partial charge in [0.1, 0.15) is 0 Å². The van der Waals surface area contributed by atoms with Gasteiger partial charge in [0.2, 0.25) is 0 Å². The van der Waals surface area contributed by atoms with Gasteiger partial charge in [0.15, 0.2) is 5.17 Å². The van der Waals surface area contributed by atoms with Crippen LogP contribution in [-0.2, 0) is 6.18 Å². The minimum atomic E-state index is -4.56. The summed E-state index contributed by atoms with van der Waals surface area (Å²) in [5, 5.41) is 9.44. The van der Waals surface area contributed by atoms with Crippen LogP contribution < -0.4 is 0 Å². The molecule has 0 aromatic heterocycles. The molecule has 0 radical (unpaired) electrons. The van der Waals surface area contributed by atoms with Gasteiger partial charge in [-0.15, -0.1) is 5.10 Å². The molecule has 2 aliphatic rings. The van der Waals surface area contributed by atoms with E-state index in [9.17, 15) is 18.0 Å². The van der Waals surface area contributed by atoms with Gasteiger partial charge in [0.05, 0.1) is 16.8 Å². The van der Waals surface area contributed by atoms with Crippen molar-refractivity contribution in [2.75, 3.05) is 31.9 Å². The van der Waals surface area contributed by atoms with E-state index >= 15 is 0 Å². The van der Waals surface area contributed by atoms with Crippen molar-refractivity contribution in [3.63, 3.8) is 0 Å². The van der Waals surface area contributed by atoms with Crippen molar-refractivity contribution < 1.29 is 18.0 Å². The number of hydrogen-bond acceptors (Lipinski definition) is 5. The highest BCUT2D eigenvalue weighted by Crippen LogP contribution is 2.32. The first-order chi connectivity index (χ1) is 14.4. The number of nitrogens with zero attached hydrogens (tertiary/aromatic N) is 4. The van der Waals surface area contributed by atoms with Crippen LogP contribution in [0.4, 0.5) is 13.2 Å². The average molecular weight is 432 g/mol. The lowest BCUT2D eigenvalue weighted by atomic mass is 10.1. The fourth-order valence-electron chi connectivity index (χ4n) is 3.41. The summed E-state index contributed by atoms with van der Waals surface area (Å²) in [6, 6.07) is 14.8. The van der Waals surface area contributed by atoms with Crippen LogP contribution in [0.2, 0.25) is 0 Å². The van der Waals surface area contributed by atoms with Crippen molar-refractivity contribution in [3.05, 3.63) is 71.3 Å². The molecule has 2 aliphatic heterocycles. The van der Waals surface area contributed by atoms with E-state index < -0.39 is 17.6 Å². The summed E-state index contributed by atoms with van der Waals surface area (Å²) in [4.78, 5) is 16.2. The van der Waals surface area contributed by atoms with Crippen LogP contribution >= 0.6 is 11.8 Å². The number of carbonyl (C=O) groups excluding carboxylic acids is 1. The molecule has 0 saturated carbocycles. The van der Waals surface area contributed by atoms with Gasteiger partial charge in [0, 0.05) is 31.9 Å². The smallest absolute Gasteiger partial charge is 0.346 e. The minimum absolute atomic E-state index is 0.306. The highest BCUT2D eigenvalue weighted by atomic mass is 32.2. The molecule has 0 spiro atoms. The van der Waals surface area contributed by atoms with Gasteiger partial charge < -0.3 is 9.80 Å². The zero-order chi connectivity index (χ0) is 21.1. The Bertz CT molecular complexity index is 983. The monoisotopic (exact) mass is 432 g/mol. The van der Waals surface area contributed by atoms with Crippen molar-refractivity contribution in [2.24, 2.45) is 10.2 Å². The van der Waals surface area contributed by atoms with Crippen LogP contribution in [0.1, 0.15) is 21.5 Å². The molecule has 1 fully saturated rings. The Morgan fingerprint density at radius 3 is 2.20 bits per heavy atom. The molecule has 2 aromatic rings. The molecule has 5 nitrogen and oxygen atoms in total. The molecule has 30 heavy (non-hydrogen) atoms. The molecule has 1 amide bonds. The van der Waals surface area contributed by atoms with Gasteiger partial charge in [-0.1, -0.05) is 54.2 Å². The number of carbonyl (C=O) groups is 1. The average Bonchev–Trinajstić information content (AvgIpc) is 2.79. The third-order valence-corrected chi connectivity index (χ3v) is 6.02. The number of halogens is 3. The minimum Gasteiger partial charge on any atom is -0.346 e. The lowest BCUT2D eigenvalue weighted by molar-refractivity contribution is -0.138. The van der Waals surface area contributed by atoms with Crippen LogP contribution in [0.5, 0.6) is 0 Å². The highest BCUT2D eigenvalue weighted by Gasteiger charge is 2.36.